The zero-order valence-corrected chi connectivity index (χ0v) is 12.2. The normalized spacial score (nSPS) is 12.6. The number of benzene rings is 1. The summed E-state index contributed by atoms with van der Waals surface area (Å²) >= 11 is 7.63. The van der Waals surface area contributed by atoms with Crippen molar-refractivity contribution >= 4 is 22.9 Å². The van der Waals surface area contributed by atoms with Crippen molar-refractivity contribution in [2.45, 2.75) is 31.7 Å². The molecule has 0 spiro atoms. The third kappa shape index (κ3) is 4.60. The van der Waals surface area contributed by atoms with Gasteiger partial charge in [-0.15, -0.1) is 11.3 Å². The predicted molar refractivity (Wildman–Crippen MR) is 80.3 cm³/mol. The van der Waals surface area contributed by atoms with Gasteiger partial charge < -0.3 is 5.73 Å². The molecule has 2 rings (SSSR count). The Morgan fingerprint density at radius 1 is 1.32 bits per heavy atom. The van der Waals surface area contributed by atoms with Gasteiger partial charge in [-0.3, -0.25) is 0 Å². The van der Waals surface area contributed by atoms with Crippen LogP contribution in [0.2, 0.25) is 5.02 Å². The first-order chi connectivity index (χ1) is 9.15. The number of nitrogens with two attached hydrogens (primary N) is 1. The van der Waals surface area contributed by atoms with Crippen molar-refractivity contribution < 1.29 is 4.39 Å². The minimum absolute atomic E-state index is 0.0204. The molecule has 0 fully saturated rings. The van der Waals surface area contributed by atoms with Crippen LogP contribution in [-0.2, 0) is 12.8 Å². The van der Waals surface area contributed by atoms with E-state index in [9.17, 15) is 4.39 Å². The first-order valence-electron chi connectivity index (χ1n) is 6.37. The maximum atomic E-state index is 13.6. The Labute approximate surface area is 122 Å². The van der Waals surface area contributed by atoms with Crippen LogP contribution in [0.4, 0.5) is 4.39 Å². The van der Waals surface area contributed by atoms with E-state index in [1.807, 2.05) is 0 Å². The summed E-state index contributed by atoms with van der Waals surface area (Å²) in [5, 5.41) is 2.64. The predicted octanol–water partition coefficient (Wildman–Crippen LogP) is 4.43. The lowest BCUT2D eigenvalue weighted by Gasteiger charge is -2.12. The molecule has 0 radical (unpaired) electrons. The summed E-state index contributed by atoms with van der Waals surface area (Å²) in [6.45, 7) is 0. The number of thiophene rings is 1. The van der Waals surface area contributed by atoms with Gasteiger partial charge in [0, 0.05) is 15.9 Å². The molecule has 0 saturated heterocycles. The highest BCUT2D eigenvalue weighted by Gasteiger charge is 2.09. The molecule has 0 aliphatic carbocycles. The summed E-state index contributed by atoms with van der Waals surface area (Å²) < 4.78 is 13.6. The smallest absolute Gasteiger partial charge is 0.126 e. The number of rotatable bonds is 6. The van der Waals surface area contributed by atoms with Crippen molar-refractivity contribution in [1.29, 1.82) is 0 Å². The fourth-order valence-corrected chi connectivity index (χ4v) is 3.02. The lowest BCUT2D eigenvalue weighted by Crippen LogP contribution is -2.23. The Morgan fingerprint density at radius 2 is 2.16 bits per heavy atom. The monoisotopic (exact) mass is 297 g/mol. The average Bonchev–Trinajstić information content (AvgIpc) is 2.87. The van der Waals surface area contributed by atoms with Crippen LogP contribution in [0.3, 0.4) is 0 Å². The van der Waals surface area contributed by atoms with Crippen molar-refractivity contribution in [2.24, 2.45) is 5.73 Å². The van der Waals surface area contributed by atoms with Gasteiger partial charge in [0.2, 0.25) is 0 Å². The van der Waals surface area contributed by atoms with Gasteiger partial charge in [-0.2, -0.15) is 0 Å². The SMILES string of the molecule is NC(CCCc1cccs1)Cc1cc(Cl)ccc1F. The average molecular weight is 298 g/mol. The number of aryl methyl sites for hydroxylation is 1. The highest BCUT2D eigenvalue weighted by molar-refractivity contribution is 7.09. The molecule has 2 N–H and O–H groups in total. The van der Waals surface area contributed by atoms with E-state index in [2.05, 4.69) is 17.5 Å². The molecule has 1 aromatic heterocycles. The molecule has 102 valence electrons. The van der Waals surface area contributed by atoms with E-state index in [1.165, 1.54) is 10.9 Å². The third-order valence-corrected chi connectivity index (χ3v) is 4.24. The maximum absolute atomic E-state index is 13.6. The fourth-order valence-electron chi connectivity index (χ4n) is 2.08. The molecule has 1 unspecified atom stereocenters. The van der Waals surface area contributed by atoms with Crippen LogP contribution < -0.4 is 5.73 Å². The summed E-state index contributed by atoms with van der Waals surface area (Å²) in [4.78, 5) is 1.38. The van der Waals surface area contributed by atoms with Gasteiger partial charge in [0.05, 0.1) is 0 Å². The van der Waals surface area contributed by atoms with E-state index >= 15 is 0 Å². The highest BCUT2D eigenvalue weighted by atomic mass is 35.5. The van der Waals surface area contributed by atoms with E-state index in [0.29, 0.717) is 17.0 Å². The molecule has 0 aliphatic rings. The summed E-state index contributed by atoms with van der Waals surface area (Å²) in [7, 11) is 0. The Bertz CT molecular complexity index is 513. The van der Waals surface area contributed by atoms with E-state index < -0.39 is 0 Å². The third-order valence-electron chi connectivity index (χ3n) is 3.07. The lowest BCUT2D eigenvalue weighted by atomic mass is 10.0. The Kier molecular flexibility index (Phi) is 5.37. The van der Waals surface area contributed by atoms with Gasteiger partial charge in [0.15, 0.2) is 0 Å². The summed E-state index contributed by atoms with van der Waals surface area (Å²) in [5.41, 5.74) is 6.67. The largest absolute Gasteiger partial charge is 0.327 e. The first-order valence-corrected chi connectivity index (χ1v) is 7.63. The second-order valence-electron chi connectivity index (χ2n) is 4.67. The Balaban J connectivity index is 1.80. The number of hydrogen-bond donors (Lipinski definition) is 1. The van der Waals surface area contributed by atoms with Crippen LogP contribution in [0.5, 0.6) is 0 Å². The van der Waals surface area contributed by atoms with E-state index in [-0.39, 0.29) is 11.9 Å². The minimum Gasteiger partial charge on any atom is -0.327 e. The van der Waals surface area contributed by atoms with E-state index in [0.717, 1.165) is 19.3 Å². The molecule has 1 atom stereocenters. The van der Waals surface area contributed by atoms with Crippen LogP contribution in [0.25, 0.3) is 0 Å². The van der Waals surface area contributed by atoms with Crippen LogP contribution in [0, 0.1) is 5.82 Å². The zero-order chi connectivity index (χ0) is 13.7. The molecule has 19 heavy (non-hydrogen) atoms. The Hall–Kier alpha value is -0.900. The maximum Gasteiger partial charge on any atom is 0.126 e. The fraction of sp³-hybridized carbons (Fsp3) is 0.333. The number of hydrogen-bond acceptors (Lipinski definition) is 2. The van der Waals surface area contributed by atoms with Crippen LogP contribution in [-0.4, -0.2) is 6.04 Å². The standard InChI is InChI=1S/C15H17ClFNS/c16-12-6-7-15(17)11(9-12)10-13(18)3-1-4-14-5-2-8-19-14/h2,5-9,13H,1,3-4,10,18H2. The number of halogens is 2. The molecule has 0 bridgehead atoms. The van der Waals surface area contributed by atoms with Crippen LogP contribution in [0.15, 0.2) is 35.7 Å². The minimum atomic E-state index is -0.224. The lowest BCUT2D eigenvalue weighted by molar-refractivity contribution is 0.552. The quantitative estimate of drug-likeness (QED) is 0.838. The van der Waals surface area contributed by atoms with Crippen molar-refractivity contribution in [2.75, 3.05) is 0 Å². The van der Waals surface area contributed by atoms with Gasteiger partial charge in [0.25, 0.3) is 0 Å². The highest BCUT2D eigenvalue weighted by Crippen LogP contribution is 2.18. The van der Waals surface area contributed by atoms with E-state index in [1.54, 1.807) is 23.5 Å². The molecule has 0 aliphatic heterocycles. The molecule has 1 heterocycles. The van der Waals surface area contributed by atoms with E-state index in [4.69, 9.17) is 17.3 Å². The van der Waals surface area contributed by atoms with Crippen molar-refractivity contribution in [3.63, 3.8) is 0 Å². The molecule has 4 heteroatoms. The van der Waals surface area contributed by atoms with Gasteiger partial charge in [0.1, 0.15) is 5.82 Å². The molecular formula is C15H17ClFNS. The van der Waals surface area contributed by atoms with Crippen LogP contribution in [0.1, 0.15) is 23.3 Å². The second kappa shape index (κ2) is 7.04. The van der Waals surface area contributed by atoms with Crippen LogP contribution >= 0.6 is 22.9 Å². The van der Waals surface area contributed by atoms with Crippen molar-refractivity contribution in [3.8, 4) is 0 Å². The van der Waals surface area contributed by atoms with Gasteiger partial charge in [-0.25, -0.2) is 4.39 Å². The molecular weight excluding hydrogens is 281 g/mol. The molecule has 0 amide bonds. The Morgan fingerprint density at radius 3 is 2.89 bits per heavy atom. The van der Waals surface area contributed by atoms with Gasteiger partial charge in [-0.05, 0) is 60.9 Å². The second-order valence-corrected chi connectivity index (χ2v) is 6.14. The zero-order valence-electron chi connectivity index (χ0n) is 10.6. The summed E-state index contributed by atoms with van der Waals surface area (Å²) in [6.07, 6.45) is 3.51. The summed E-state index contributed by atoms with van der Waals surface area (Å²) in [5.74, 6) is -0.224. The summed E-state index contributed by atoms with van der Waals surface area (Å²) in [6, 6.07) is 8.79. The van der Waals surface area contributed by atoms with Gasteiger partial charge >= 0.3 is 0 Å². The molecule has 0 saturated carbocycles. The topological polar surface area (TPSA) is 26.0 Å². The molecule has 2 aromatic rings. The van der Waals surface area contributed by atoms with Crippen molar-refractivity contribution in [1.82, 2.24) is 0 Å². The molecule has 1 nitrogen and oxygen atoms in total. The molecule has 1 aromatic carbocycles. The van der Waals surface area contributed by atoms with Gasteiger partial charge in [-0.1, -0.05) is 17.7 Å². The van der Waals surface area contributed by atoms with Crippen molar-refractivity contribution in [3.05, 3.63) is 57.0 Å². The first kappa shape index (κ1) is 14.5.